The van der Waals surface area contributed by atoms with Gasteiger partial charge in [0.25, 0.3) is 0 Å². The topological polar surface area (TPSA) is 135 Å². The summed E-state index contributed by atoms with van der Waals surface area (Å²) in [4.78, 5) is 20.2. The normalized spacial score (nSPS) is 18.2. The highest BCUT2D eigenvalue weighted by molar-refractivity contribution is 7.92. The zero-order chi connectivity index (χ0) is 40.4. The van der Waals surface area contributed by atoms with Gasteiger partial charge in [0.1, 0.15) is 18.5 Å². The van der Waals surface area contributed by atoms with Gasteiger partial charge < -0.3 is 33.2 Å². The third kappa shape index (κ3) is 12.7. The summed E-state index contributed by atoms with van der Waals surface area (Å²) in [5.74, 6) is -0.477. The van der Waals surface area contributed by atoms with Gasteiger partial charge in [-0.3, -0.25) is 14.2 Å². The maximum absolute atomic E-state index is 14.1. The molecule has 3 aromatic rings. The molecular formula is C39H47Cl2F2N3O10S. The van der Waals surface area contributed by atoms with E-state index in [4.69, 9.17) is 56.4 Å². The molecule has 57 heavy (non-hydrogen) atoms. The number of carbonyl (C=O) groups excluding carboxylic acids is 1. The molecule has 0 spiro atoms. The first-order chi connectivity index (χ1) is 27.4. The van der Waals surface area contributed by atoms with Crippen LogP contribution in [0, 0.1) is 5.92 Å². The van der Waals surface area contributed by atoms with Crippen molar-refractivity contribution in [3.05, 3.63) is 75.5 Å². The van der Waals surface area contributed by atoms with E-state index in [2.05, 4.69) is 9.88 Å². The van der Waals surface area contributed by atoms with Crippen LogP contribution in [0.1, 0.15) is 59.7 Å². The lowest BCUT2D eigenvalue weighted by molar-refractivity contribution is -0.165. The molecule has 13 nitrogen and oxygen atoms in total. The number of ether oxygens (including phenoxy) is 7. The Morgan fingerprint density at radius 3 is 2.42 bits per heavy atom. The molecule has 1 aromatic heterocycles. The molecule has 6 rings (SSSR count). The third-order valence-electron chi connectivity index (χ3n) is 9.69. The van der Waals surface area contributed by atoms with Crippen molar-refractivity contribution in [1.82, 2.24) is 9.88 Å². The van der Waals surface area contributed by atoms with E-state index in [1.165, 1.54) is 53.1 Å². The van der Waals surface area contributed by atoms with E-state index in [0.717, 1.165) is 38.4 Å². The number of hydrogen-bond donors (Lipinski definition) is 0. The Kier molecular flexibility index (Phi) is 15.5. The zero-order valence-electron chi connectivity index (χ0n) is 31.6. The zero-order valence-corrected chi connectivity index (χ0v) is 33.9. The van der Waals surface area contributed by atoms with Crippen LogP contribution in [0.4, 0.5) is 14.5 Å². The van der Waals surface area contributed by atoms with Crippen LogP contribution in [0.2, 0.25) is 10.0 Å². The molecule has 3 fully saturated rings. The molecule has 312 valence electrons. The molecule has 1 saturated carbocycles. The number of morpholine rings is 1. The number of nitrogens with zero attached hydrogens (tertiary/aromatic N) is 3. The first-order valence-corrected chi connectivity index (χ1v) is 21.5. The molecule has 0 bridgehead atoms. The van der Waals surface area contributed by atoms with Crippen molar-refractivity contribution in [2.75, 3.05) is 76.4 Å². The Morgan fingerprint density at radius 2 is 1.74 bits per heavy atom. The molecule has 0 amide bonds. The van der Waals surface area contributed by atoms with E-state index >= 15 is 0 Å². The van der Waals surface area contributed by atoms with Gasteiger partial charge in [-0.2, -0.15) is 8.78 Å². The predicted octanol–water partition coefficient (Wildman–Crippen LogP) is 6.94. The van der Waals surface area contributed by atoms with Crippen LogP contribution >= 0.6 is 23.2 Å². The van der Waals surface area contributed by atoms with Crippen LogP contribution in [-0.2, 0) is 35.4 Å². The number of benzene rings is 2. The van der Waals surface area contributed by atoms with Crippen LogP contribution < -0.4 is 18.5 Å². The smallest absolute Gasteiger partial charge is 0.387 e. The Hall–Kier alpha value is -3.51. The first-order valence-electron chi connectivity index (χ1n) is 18.9. The summed E-state index contributed by atoms with van der Waals surface area (Å²) >= 11 is 13.0. The fraction of sp³-hybridized carbons (Fsp3) is 0.538. The fourth-order valence-corrected chi connectivity index (χ4v) is 7.87. The third-order valence-corrected chi connectivity index (χ3v) is 11.5. The van der Waals surface area contributed by atoms with E-state index in [1.807, 2.05) is 0 Å². The molecule has 2 aliphatic heterocycles. The van der Waals surface area contributed by atoms with Gasteiger partial charge in [0, 0.05) is 51.6 Å². The number of anilines is 1. The lowest BCUT2D eigenvalue weighted by Gasteiger charge is -2.31. The van der Waals surface area contributed by atoms with Crippen LogP contribution in [-0.4, -0.2) is 109 Å². The predicted molar refractivity (Wildman–Crippen MR) is 208 cm³/mol. The van der Waals surface area contributed by atoms with Gasteiger partial charge >= 0.3 is 12.6 Å². The molecule has 2 unspecified atom stereocenters. The van der Waals surface area contributed by atoms with E-state index in [-0.39, 0.29) is 71.0 Å². The minimum atomic E-state index is -3.81. The Morgan fingerprint density at radius 1 is 0.965 bits per heavy atom. The first kappa shape index (κ1) is 43.1. The van der Waals surface area contributed by atoms with Gasteiger partial charge in [-0.1, -0.05) is 29.3 Å². The van der Waals surface area contributed by atoms with Crippen molar-refractivity contribution in [3.63, 3.8) is 0 Å². The van der Waals surface area contributed by atoms with E-state index in [1.54, 1.807) is 0 Å². The quantitative estimate of drug-likeness (QED) is 0.0861. The maximum Gasteiger partial charge on any atom is 0.387 e. The highest BCUT2D eigenvalue weighted by Crippen LogP contribution is 2.39. The van der Waals surface area contributed by atoms with Gasteiger partial charge in [0.05, 0.1) is 54.0 Å². The number of rotatable bonds is 20. The SMILES string of the molecule is CS(=O)(=O)N(CCN1CCOCC1)c1ccc(C(=O)OC(Cc2c(Cl)cncc2Cl)c2ccc(OC(F)F)c(OCC3CC3)c2)cc1OCCOC1CCCCO1. The number of alkyl halides is 2. The van der Waals surface area contributed by atoms with Crippen LogP contribution in [0.15, 0.2) is 48.8 Å². The number of halogens is 4. The average Bonchev–Trinajstić information content (AvgIpc) is 4.02. The van der Waals surface area contributed by atoms with Gasteiger partial charge in [0.15, 0.2) is 17.8 Å². The highest BCUT2D eigenvalue weighted by Gasteiger charge is 2.28. The van der Waals surface area contributed by atoms with Crippen LogP contribution in [0.5, 0.6) is 17.2 Å². The number of esters is 1. The summed E-state index contributed by atoms with van der Waals surface area (Å²) in [7, 11) is -3.81. The number of pyridine rings is 1. The summed E-state index contributed by atoms with van der Waals surface area (Å²) in [6.45, 7) is 1.01. The second-order valence-electron chi connectivity index (χ2n) is 14.0. The van der Waals surface area contributed by atoms with E-state index in [0.29, 0.717) is 63.1 Å². The van der Waals surface area contributed by atoms with Crippen molar-refractivity contribution in [2.24, 2.45) is 5.92 Å². The highest BCUT2D eigenvalue weighted by atomic mass is 35.5. The fourth-order valence-electron chi connectivity index (χ4n) is 6.42. The molecule has 0 radical (unpaired) electrons. The molecule has 1 aliphatic carbocycles. The van der Waals surface area contributed by atoms with Crippen molar-refractivity contribution in [1.29, 1.82) is 0 Å². The van der Waals surface area contributed by atoms with Crippen LogP contribution in [0.25, 0.3) is 0 Å². The lowest BCUT2D eigenvalue weighted by Crippen LogP contribution is -2.43. The van der Waals surface area contributed by atoms with Gasteiger partial charge in [-0.25, -0.2) is 13.2 Å². The largest absolute Gasteiger partial charge is 0.489 e. The summed E-state index contributed by atoms with van der Waals surface area (Å²) in [5.41, 5.74) is 1.10. The molecule has 2 saturated heterocycles. The number of carbonyl (C=O) groups is 1. The maximum atomic E-state index is 14.1. The average molecular weight is 859 g/mol. The van der Waals surface area contributed by atoms with Crippen molar-refractivity contribution in [3.8, 4) is 17.2 Å². The summed E-state index contributed by atoms with van der Waals surface area (Å²) in [6, 6.07) is 8.70. The second-order valence-corrected chi connectivity index (χ2v) is 16.7. The Bertz CT molecular complexity index is 1890. The minimum absolute atomic E-state index is 0.0194. The second kappa shape index (κ2) is 20.5. The molecule has 0 N–H and O–H groups in total. The van der Waals surface area contributed by atoms with Crippen molar-refractivity contribution in [2.45, 2.75) is 57.5 Å². The molecule has 18 heteroatoms. The van der Waals surface area contributed by atoms with Gasteiger partial charge in [-0.15, -0.1) is 0 Å². The monoisotopic (exact) mass is 857 g/mol. The Balaban J connectivity index is 1.29. The van der Waals surface area contributed by atoms with Gasteiger partial charge in [-0.05, 0) is 79.5 Å². The summed E-state index contributed by atoms with van der Waals surface area (Å²) < 4.78 is 94.3. The van der Waals surface area contributed by atoms with E-state index < -0.39 is 28.7 Å². The Labute approximate surface area is 341 Å². The lowest BCUT2D eigenvalue weighted by atomic mass is 10.0. The number of sulfonamides is 1. The minimum Gasteiger partial charge on any atom is -0.489 e. The number of aromatic nitrogens is 1. The van der Waals surface area contributed by atoms with E-state index in [9.17, 15) is 22.0 Å². The van der Waals surface area contributed by atoms with Crippen molar-refractivity contribution < 1.29 is 55.2 Å². The molecular weight excluding hydrogens is 811 g/mol. The van der Waals surface area contributed by atoms with Crippen LogP contribution in [0.3, 0.4) is 0 Å². The molecule has 2 atom stereocenters. The van der Waals surface area contributed by atoms with Gasteiger partial charge in [0.2, 0.25) is 10.0 Å². The van der Waals surface area contributed by atoms with Crippen molar-refractivity contribution >= 4 is 44.9 Å². The standard InChI is InChI=1S/C39H47Cl2F2N3O10S/c1-57(48,49)46(12-11-45-13-16-50-17-14-45)32-9-7-28(21-35(32)51-18-19-53-37-4-2-3-15-52-37)38(47)55-34(22-29-30(40)23-44-24-31(29)41)27-8-10-33(56-39(42)43)36(20-27)54-25-26-5-6-26/h7-10,20-21,23-24,26,34,37,39H,2-6,11-19,22,25H2,1H3. The summed E-state index contributed by atoms with van der Waals surface area (Å²) in [6.07, 6.45) is 7.11. The summed E-state index contributed by atoms with van der Waals surface area (Å²) in [5, 5.41) is 0.454. The molecule has 3 aliphatic rings. The number of hydrogen-bond acceptors (Lipinski definition) is 12. The molecule has 3 heterocycles. The molecule has 2 aromatic carbocycles.